The maximum Gasteiger partial charge on any atom is 0.163 e. The van der Waals surface area contributed by atoms with Gasteiger partial charge in [0.1, 0.15) is 12.4 Å². The SMILES string of the molecule is CCC(C)(C)NCc1cc(OC)c(OCc2ccc(F)cc2)cc1Cl. The van der Waals surface area contributed by atoms with Crippen molar-refractivity contribution in [3.05, 3.63) is 58.4 Å². The molecule has 1 N–H and O–H groups in total. The summed E-state index contributed by atoms with van der Waals surface area (Å²) in [7, 11) is 1.60. The Kier molecular flexibility index (Phi) is 6.68. The van der Waals surface area contributed by atoms with E-state index in [2.05, 4.69) is 26.1 Å². The Balaban J connectivity index is 2.11. The Morgan fingerprint density at radius 3 is 2.40 bits per heavy atom. The van der Waals surface area contributed by atoms with E-state index in [1.54, 1.807) is 25.3 Å². The van der Waals surface area contributed by atoms with E-state index in [4.69, 9.17) is 21.1 Å². The molecule has 136 valence electrons. The Labute approximate surface area is 154 Å². The van der Waals surface area contributed by atoms with Gasteiger partial charge in [-0.1, -0.05) is 30.7 Å². The highest BCUT2D eigenvalue weighted by atomic mass is 35.5. The Hall–Kier alpha value is -1.78. The Morgan fingerprint density at radius 2 is 1.80 bits per heavy atom. The molecular weight excluding hydrogens is 341 g/mol. The molecule has 0 aliphatic rings. The monoisotopic (exact) mass is 365 g/mol. The van der Waals surface area contributed by atoms with Gasteiger partial charge in [-0.05, 0) is 49.6 Å². The smallest absolute Gasteiger partial charge is 0.163 e. The third kappa shape index (κ3) is 5.62. The van der Waals surface area contributed by atoms with Gasteiger partial charge >= 0.3 is 0 Å². The van der Waals surface area contributed by atoms with Crippen molar-refractivity contribution in [1.82, 2.24) is 5.32 Å². The molecule has 2 aromatic rings. The van der Waals surface area contributed by atoms with Gasteiger partial charge < -0.3 is 14.8 Å². The average Bonchev–Trinajstić information content (AvgIpc) is 2.60. The van der Waals surface area contributed by atoms with E-state index in [1.165, 1.54) is 12.1 Å². The molecule has 0 saturated carbocycles. The van der Waals surface area contributed by atoms with Crippen LogP contribution >= 0.6 is 11.6 Å². The van der Waals surface area contributed by atoms with Crippen LogP contribution in [-0.2, 0) is 13.2 Å². The highest BCUT2D eigenvalue weighted by Crippen LogP contribution is 2.34. The summed E-state index contributed by atoms with van der Waals surface area (Å²) in [6.07, 6.45) is 1.01. The molecule has 0 bridgehead atoms. The second-order valence-electron chi connectivity index (χ2n) is 6.60. The molecule has 0 unspecified atom stereocenters. The topological polar surface area (TPSA) is 30.5 Å². The molecule has 0 heterocycles. The summed E-state index contributed by atoms with van der Waals surface area (Å²) in [4.78, 5) is 0. The quantitative estimate of drug-likeness (QED) is 0.684. The van der Waals surface area contributed by atoms with Crippen molar-refractivity contribution in [2.75, 3.05) is 7.11 Å². The molecule has 0 spiro atoms. The first-order valence-corrected chi connectivity index (χ1v) is 8.71. The minimum absolute atomic E-state index is 0.0360. The maximum absolute atomic E-state index is 13.0. The zero-order chi connectivity index (χ0) is 18.4. The summed E-state index contributed by atoms with van der Waals surface area (Å²) in [5, 5.41) is 4.10. The van der Waals surface area contributed by atoms with E-state index in [-0.39, 0.29) is 11.4 Å². The lowest BCUT2D eigenvalue weighted by atomic mass is 10.0. The minimum atomic E-state index is -0.267. The molecule has 0 aromatic heterocycles. The van der Waals surface area contributed by atoms with Gasteiger partial charge in [0, 0.05) is 23.2 Å². The Morgan fingerprint density at radius 1 is 1.12 bits per heavy atom. The maximum atomic E-state index is 13.0. The number of halogens is 2. The van der Waals surface area contributed by atoms with E-state index >= 15 is 0 Å². The fraction of sp³-hybridized carbons (Fsp3) is 0.400. The summed E-state index contributed by atoms with van der Waals surface area (Å²) >= 11 is 6.41. The van der Waals surface area contributed by atoms with Gasteiger partial charge in [0.25, 0.3) is 0 Å². The van der Waals surface area contributed by atoms with Crippen molar-refractivity contribution < 1.29 is 13.9 Å². The molecule has 0 aliphatic heterocycles. The van der Waals surface area contributed by atoms with Gasteiger partial charge in [-0.15, -0.1) is 0 Å². The molecule has 0 aliphatic carbocycles. The van der Waals surface area contributed by atoms with E-state index < -0.39 is 0 Å². The third-order valence-corrected chi connectivity index (χ3v) is 4.63. The van der Waals surface area contributed by atoms with Gasteiger partial charge in [0.05, 0.1) is 7.11 Å². The lowest BCUT2D eigenvalue weighted by molar-refractivity contribution is 0.284. The fourth-order valence-electron chi connectivity index (χ4n) is 2.19. The highest BCUT2D eigenvalue weighted by Gasteiger charge is 2.16. The summed E-state index contributed by atoms with van der Waals surface area (Å²) in [5.74, 6) is 0.921. The van der Waals surface area contributed by atoms with Crippen molar-refractivity contribution in [3.63, 3.8) is 0 Å². The first-order chi connectivity index (χ1) is 11.8. The highest BCUT2D eigenvalue weighted by molar-refractivity contribution is 6.31. The first-order valence-electron chi connectivity index (χ1n) is 8.33. The van der Waals surface area contributed by atoms with Crippen LogP contribution in [0.2, 0.25) is 5.02 Å². The van der Waals surface area contributed by atoms with E-state index in [0.29, 0.717) is 29.7 Å². The lowest BCUT2D eigenvalue weighted by Crippen LogP contribution is -2.37. The molecule has 2 aromatic carbocycles. The van der Waals surface area contributed by atoms with Gasteiger partial charge in [-0.25, -0.2) is 4.39 Å². The number of hydrogen-bond acceptors (Lipinski definition) is 3. The van der Waals surface area contributed by atoms with Crippen LogP contribution in [0.5, 0.6) is 11.5 Å². The summed E-state index contributed by atoms with van der Waals surface area (Å²) in [6, 6.07) is 9.85. The largest absolute Gasteiger partial charge is 0.493 e. The molecule has 2 rings (SSSR count). The van der Waals surface area contributed by atoms with Crippen molar-refractivity contribution in [2.24, 2.45) is 0 Å². The van der Waals surface area contributed by atoms with E-state index in [1.807, 2.05) is 6.07 Å². The van der Waals surface area contributed by atoms with Gasteiger partial charge in [-0.3, -0.25) is 0 Å². The first kappa shape index (κ1) is 19.5. The summed E-state index contributed by atoms with van der Waals surface area (Å²) in [6.45, 7) is 7.40. The van der Waals surface area contributed by atoms with Crippen LogP contribution in [0.4, 0.5) is 4.39 Å². The van der Waals surface area contributed by atoms with Crippen LogP contribution in [0.1, 0.15) is 38.3 Å². The van der Waals surface area contributed by atoms with Gasteiger partial charge in [0.2, 0.25) is 0 Å². The number of methoxy groups -OCH3 is 1. The summed E-state index contributed by atoms with van der Waals surface area (Å²) < 4.78 is 24.2. The molecular formula is C20H25ClFNO2. The number of benzene rings is 2. The normalized spacial score (nSPS) is 11.4. The Bertz CT molecular complexity index is 702. The van der Waals surface area contributed by atoms with Crippen LogP contribution in [0, 0.1) is 5.82 Å². The average molecular weight is 366 g/mol. The predicted octanol–water partition coefficient (Wildman–Crippen LogP) is 5.34. The van der Waals surface area contributed by atoms with Crippen molar-refractivity contribution in [2.45, 2.75) is 45.9 Å². The predicted molar refractivity (Wildman–Crippen MR) is 99.9 cm³/mol. The van der Waals surface area contributed by atoms with Crippen LogP contribution in [0.3, 0.4) is 0 Å². The fourth-order valence-corrected chi connectivity index (χ4v) is 2.41. The van der Waals surface area contributed by atoms with Crippen molar-refractivity contribution in [3.8, 4) is 11.5 Å². The molecule has 0 radical (unpaired) electrons. The molecule has 0 amide bonds. The second-order valence-corrected chi connectivity index (χ2v) is 7.01. The van der Waals surface area contributed by atoms with Crippen LogP contribution in [0.15, 0.2) is 36.4 Å². The van der Waals surface area contributed by atoms with E-state index in [0.717, 1.165) is 17.5 Å². The summed E-state index contributed by atoms with van der Waals surface area (Å²) in [5.41, 5.74) is 1.86. The van der Waals surface area contributed by atoms with Gasteiger partial charge in [-0.2, -0.15) is 0 Å². The molecule has 3 nitrogen and oxygen atoms in total. The standard InChI is InChI=1S/C20H25ClFNO2/c1-5-20(2,3)23-12-15-10-18(24-4)19(11-17(15)21)25-13-14-6-8-16(22)9-7-14/h6-11,23H,5,12-13H2,1-4H3. The third-order valence-electron chi connectivity index (χ3n) is 4.28. The second kappa shape index (κ2) is 8.54. The van der Waals surface area contributed by atoms with Crippen LogP contribution in [0.25, 0.3) is 0 Å². The zero-order valence-corrected chi connectivity index (χ0v) is 15.9. The number of ether oxygens (including phenoxy) is 2. The molecule has 0 fully saturated rings. The number of nitrogens with one attached hydrogen (secondary N) is 1. The molecule has 0 atom stereocenters. The number of rotatable bonds is 8. The van der Waals surface area contributed by atoms with E-state index in [9.17, 15) is 4.39 Å². The molecule has 0 saturated heterocycles. The molecule has 5 heteroatoms. The zero-order valence-electron chi connectivity index (χ0n) is 15.2. The van der Waals surface area contributed by atoms with Crippen LogP contribution in [-0.4, -0.2) is 12.6 Å². The van der Waals surface area contributed by atoms with Gasteiger partial charge in [0.15, 0.2) is 11.5 Å². The van der Waals surface area contributed by atoms with Crippen molar-refractivity contribution >= 4 is 11.6 Å². The lowest BCUT2D eigenvalue weighted by Gasteiger charge is -2.25. The molecule has 25 heavy (non-hydrogen) atoms. The van der Waals surface area contributed by atoms with Crippen molar-refractivity contribution in [1.29, 1.82) is 0 Å². The van der Waals surface area contributed by atoms with Crippen LogP contribution < -0.4 is 14.8 Å². The number of hydrogen-bond donors (Lipinski definition) is 1. The minimum Gasteiger partial charge on any atom is -0.493 e.